The van der Waals surface area contributed by atoms with Gasteiger partial charge in [0.25, 0.3) is 0 Å². The van der Waals surface area contributed by atoms with Crippen LogP contribution in [-0.2, 0) is 19.9 Å². The van der Waals surface area contributed by atoms with Gasteiger partial charge in [0.1, 0.15) is 0 Å². The summed E-state index contributed by atoms with van der Waals surface area (Å²) < 4.78 is 47.9. The first-order valence-electron chi connectivity index (χ1n) is 5.10. The summed E-state index contributed by atoms with van der Waals surface area (Å²) in [5, 5.41) is 8.13. The van der Waals surface area contributed by atoms with Crippen molar-refractivity contribution in [3.63, 3.8) is 0 Å². The highest BCUT2D eigenvalue weighted by Crippen LogP contribution is 2.17. The van der Waals surface area contributed by atoms with Gasteiger partial charge in [-0.15, -0.1) is 0 Å². The fourth-order valence-corrected chi connectivity index (χ4v) is 5.63. The normalized spacial score (nSPS) is 26.8. The Balaban J connectivity index is 2.52. The average molecular weight is 271 g/mol. The maximum absolute atomic E-state index is 11.6. The van der Waals surface area contributed by atoms with E-state index in [2.05, 4.69) is 4.72 Å². The van der Waals surface area contributed by atoms with Crippen molar-refractivity contribution in [2.24, 2.45) is 0 Å². The van der Waals surface area contributed by atoms with Crippen molar-refractivity contribution in [3.05, 3.63) is 0 Å². The Morgan fingerprint density at radius 3 is 2.56 bits per heavy atom. The molecule has 16 heavy (non-hydrogen) atoms. The summed E-state index contributed by atoms with van der Waals surface area (Å²) in [6.45, 7) is 1.70. The van der Waals surface area contributed by atoms with E-state index in [-0.39, 0.29) is 24.5 Å². The van der Waals surface area contributed by atoms with Crippen molar-refractivity contribution in [1.82, 2.24) is 4.72 Å². The lowest BCUT2D eigenvalue weighted by atomic mass is 10.3. The van der Waals surface area contributed by atoms with Gasteiger partial charge in [-0.25, -0.2) is 21.6 Å². The van der Waals surface area contributed by atoms with Crippen molar-refractivity contribution >= 4 is 19.9 Å². The largest absolute Gasteiger partial charge is 0.393 e. The number of sulfonamides is 1. The molecule has 96 valence electrons. The highest BCUT2D eigenvalue weighted by molar-refractivity contribution is 7.95. The van der Waals surface area contributed by atoms with E-state index in [9.17, 15) is 16.8 Å². The van der Waals surface area contributed by atoms with Crippen LogP contribution in [0.5, 0.6) is 0 Å². The van der Waals surface area contributed by atoms with Gasteiger partial charge in [0.15, 0.2) is 9.84 Å². The molecule has 1 saturated heterocycles. The number of rotatable bonds is 5. The summed E-state index contributed by atoms with van der Waals surface area (Å²) in [5.41, 5.74) is 0. The number of nitrogens with one attached hydrogen (secondary N) is 1. The Labute approximate surface area is 96.0 Å². The molecule has 0 aromatic rings. The van der Waals surface area contributed by atoms with Crippen LogP contribution in [0.2, 0.25) is 0 Å². The fourth-order valence-electron chi connectivity index (χ4n) is 1.53. The van der Waals surface area contributed by atoms with Crippen molar-refractivity contribution in [3.8, 4) is 0 Å². The minimum Gasteiger partial charge on any atom is -0.393 e. The molecule has 0 aromatic heterocycles. The quantitative estimate of drug-likeness (QED) is 0.658. The van der Waals surface area contributed by atoms with Gasteiger partial charge in [0.2, 0.25) is 10.0 Å². The number of aliphatic hydroxyl groups excluding tert-OH is 1. The lowest BCUT2D eigenvalue weighted by Crippen LogP contribution is -2.36. The topological polar surface area (TPSA) is 101 Å². The molecule has 8 heteroatoms. The Morgan fingerprint density at radius 2 is 2.12 bits per heavy atom. The third kappa shape index (κ3) is 4.00. The molecule has 0 amide bonds. The molecule has 1 fully saturated rings. The summed E-state index contributed by atoms with van der Waals surface area (Å²) in [6, 6.07) is 0. The minimum absolute atomic E-state index is 0.0605. The lowest BCUT2D eigenvalue weighted by Gasteiger charge is -2.11. The third-order valence-corrected chi connectivity index (χ3v) is 6.36. The Bertz CT molecular complexity index is 425. The Morgan fingerprint density at radius 1 is 1.50 bits per heavy atom. The van der Waals surface area contributed by atoms with Gasteiger partial charge in [-0.05, 0) is 19.8 Å². The van der Waals surface area contributed by atoms with Crippen LogP contribution >= 0.6 is 0 Å². The van der Waals surface area contributed by atoms with Crippen LogP contribution in [0, 0.1) is 0 Å². The zero-order valence-electron chi connectivity index (χ0n) is 9.09. The van der Waals surface area contributed by atoms with E-state index in [1.807, 2.05) is 0 Å². The molecular formula is C8H17NO5S2. The average Bonchev–Trinajstić information content (AvgIpc) is 2.45. The number of hydrogen-bond donors (Lipinski definition) is 2. The molecule has 2 atom stereocenters. The fraction of sp³-hybridized carbons (Fsp3) is 1.00. The van der Waals surface area contributed by atoms with Crippen molar-refractivity contribution < 1.29 is 21.9 Å². The molecule has 1 aliphatic heterocycles. The first-order chi connectivity index (χ1) is 7.23. The summed E-state index contributed by atoms with van der Waals surface area (Å²) in [7, 11) is -6.76. The van der Waals surface area contributed by atoms with Gasteiger partial charge in [-0.1, -0.05) is 0 Å². The standard InChI is InChI=1S/C8H17NO5S2/c1-7(10)2-4-9-16(13,14)8-3-5-15(11,12)6-8/h7-10H,2-6H2,1H3. The second-order valence-electron chi connectivity index (χ2n) is 4.10. The van der Waals surface area contributed by atoms with Crippen LogP contribution in [0.25, 0.3) is 0 Å². The van der Waals surface area contributed by atoms with Crippen LogP contribution in [0.1, 0.15) is 19.8 Å². The van der Waals surface area contributed by atoms with E-state index in [1.54, 1.807) is 6.92 Å². The van der Waals surface area contributed by atoms with Gasteiger partial charge >= 0.3 is 0 Å². The molecule has 1 heterocycles. The molecule has 2 unspecified atom stereocenters. The molecule has 0 aromatic carbocycles. The van der Waals surface area contributed by atoms with E-state index in [1.165, 1.54) is 0 Å². The molecule has 1 aliphatic rings. The molecule has 0 saturated carbocycles. The van der Waals surface area contributed by atoms with Gasteiger partial charge in [-0.3, -0.25) is 0 Å². The first kappa shape index (κ1) is 13.9. The monoisotopic (exact) mass is 271 g/mol. The maximum Gasteiger partial charge on any atom is 0.215 e. The van der Waals surface area contributed by atoms with Crippen LogP contribution in [0.15, 0.2) is 0 Å². The van der Waals surface area contributed by atoms with Gasteiger partial charge < -0.3 is 5.11 Å². The van der Waals surface area contributed by atoms with E-state index in [0.29, 0.717) is 6.42 Å². The lowest BCUT2D eigenvalue weighted by molar-refractivity contribution is 0.186. The predicted molar refractivity (Wildman–Crippen MR) is 60.3 cm³/mol. The maximum atomic E-state index is 11.6. The van der Waals surface area contributed by atoms with Gasteiger partial charge in [0.05, 0.1) is 22.9 Å². The summed E-state index contributed by atoms with van der Waals surface area (Å²) in [4.78, 5) is 0. The van der Waals surface area contributed by atoms with E-state index >= 15 is 0 Å². The molecule has 2 N–H and O–H groups in total. The second kappa shape index (κ2) is 4.99. The van der Waals surface area contributed by atoms with E-state index in [0.717, 1.165) is 0 Å². The summed E-state index contributed by atoms with van der Waals surface area (Å²) in [6.07, 6.45) is -0.0968. The molecule has 6 nitrogen and oxygen atoms in total. The molecule has 1 rings (SSSR count). The number of hydrogen-bond acceptors (Lipinski definition) is 5. The minimum atomic E-state index is -3.57. The van der Waals surface area contributed by atoms with Crippen molar-refractivity contribution in [1.29, 1.82) is 0 Å². The predicted octanol–water partition coefficient (Wildman–Crippen LogP) is -1.14. The molecule has 0 bridgehead atoms. The van der Waals surface area contributed by atoms with E-state index < -0.39 is 31.2 Å². The highest BCUT2D eigenvalue weighted by atomic mass is 32.2. The van der Waals surface area contributed by atoms with Crippen LogP contribution < -0.4 is 4.72 Å². The molecule has 0 radical (unpaired) electrons. The Kier molecular flexibility index (Phi) is 4.33. The Hall–Kier alpha value is -0.180. The van der Waals surface area contributed by atoms with Crippen LogP contribution in [-0.4, -0.2) is 51.3 Å². The summed E-state index contributed by atoms with van der Waals surface area (Å²) >= 11 is 0. The van der Waals surface area contributed by atoms with Crippen LogP contribution in [0.3, 0.4) is 0 Å². The zero-order valence-corrected chi connectivity index (χ0v) is 10.7. The van der Waals surface area contributed by atoms with Gasteiger partial charge in [-0.2, -0.15) is 0 Å². The smallest absolute Gasteiger partial charge is 0.215 e. The van der Waals surface area contributed by atoms with Crippen molar-refractivity contribution in [2.45, 2.75) is 31.1 Å². The first-order valence-corrected chi connectivity index (χ1v) is 8.47. The molecule has 0 spiro atoms. The molecule has 0 aliphatic carbocycles. The number of aliphatic hydroxyl groups is 1. The summed E-state index contributed by atoms with van der Waals surface area (Å²) in [5.74, 6) is -0.355. The van der Waals surface area contributed by atoms with Crippen molar-refractivity contribution in [2.75, 3.05) is 18.1 Å². The molecular weight excluding hydrogens is 254 g/mol. The van der Waals surface area contributed by atoms with Crippen LogP contribution in [0.4, 0.5) is 0 Å². The highest BCUT2D eigenvalue weighted by Gasteiger charge is 2.36. The SMILES string of the molecule is CC(O)CCNS(=O)(=O)C1CCS(=O)(=O)C1. The second-order valence-corrected chi connectivity index (χ2v) is 8.38. The third-order valence-electron chi connectivity index (χ3n) is 2.49. The van der Waals surface area contributed by atoms with E-state index in [4.69, 9.17) is 5.11 Å². The van der Waals surface area contributed by atoms with Gasteiger partial charge in [0, 0.05) is 6.54 Å². The number of sulfone groups is 1. The zero-order chi connectivity index (χ0) is 12.4.